The first-order valence-corrected chi connectivity index (χ1v) is 8.18. The molecule has 1 aromatic heterocycles. The van der Waals surface area contributed by atoms with Crippen LogP contribution in [0, 0.1) is 19.8 Å². The molecule has 2 heterocycles. The summed E-state index contributed by atoms with van der Waals surface area (Å²) in [6.45, 7) is 8.56. The van der Waals surface area contributed by atoms with Gasteiger partial charge in [0.15, 0.2) is 0 Å². The predicted molar refractivity (Wildman–Crippen MR) is 81.2 cm³/mol. The molecule has 1 aromatic rings. The third-order valence-electron chi connectivity index (χ3n) is 4.28. The minimum Gasteiger partial charge on any atom is -0.481 e. The van der Waals surface area contributed by atoms with Gasteiger partial charge in [0.25, 0.3) is 0 Å². The third kappa shape index (κ3) is 3.79. The molecule has 0 spiro atoms. The van der Waals surface area contributed by atoms with Crippen molar-refractivity contribution in [1.82, 2.24) is 9.88 Å². The number of hydrogen-bond acceptors (Lipinski definition) is 4. The first-order valence-electron chi connectivity index (χ1n) is 7.37. The average Bonchev–Trinajstić information content (AvgIpc) is 2.75. The fourth-order valence-electron chi connectivity index (χ4n) is 3.06. The lowest BCUT2D eigenvalue weighted by Crippen LogP contribution is -2.35. The number of piperidine rings is 1. The first kappa shape index (κ1) is 15.4. The molecule has 1 N–H and O–H groups in total. The number of aromatic nitrogens is 1. The molecule has 0 aliphatic carbocycles. The van der Waals surface area contributed by atoms with E-state index in [1.807, 2.05) is 0 Å². The van der Waals surface area contributed by atoms with Crippen LogP contribution < -0.4 is 0 Å². The van der Waals surface area contributed by atoms with Crippen LogP contribution in [-0.2, 0) is 4.79 Å². The Balaban J connectivity index is 1.87. The summed E-state index contributed by atoms with van der Waals surface area (Å²) >= 11 is 1.80. The molecule has 0 radical (unpaired) electrons. The maximum atomic E-state index is 10.6. The Labute approximate surface area is 124 Å². The molecular weight excluding hydrogens is 272 g/mol. The van der Waals surface area contributed by atoms with E-state index in [4.69, 9.17) is 5.11 Å². The molecule has 0 aromatic carbocycles. The van der Waals surface area contributed by atoms with Crippen LogP contribution in [0.4, 0.5) is 0 Å². The van der Waals surface area contributed by atoms with Crippen molar-refractivity contribution >= 4 is 17.3 Å². The Bertz CT molecular complexity index is 464. The number of likely N-dealkylation sites (tertiary alicyclic amines) is 1. The number of thiazole rings is 1. The Morgan fingerprint density at radius 2 is 2.10 bits per heavy atom. The van der Waals surface area contributed by atoms with E-state index in [1.165, 1.54) is 4.88 Å². The van der Waals surface area contributed by atoms with Crippen LogP contribution in [-0.4, -0.2) is 34.0 Å². The molecule has 1 aliphatic rings. The standard InChI is InChI=1S/C15H24N2O2S/c1-10-15(20-12(3)16-10)11(2)17-8-6-13(7-9-17)4-5-14(18)19/h11,13H,4-9H2,1-3H3,(H,18,19). The zero-order chi connectivity index (χ0) is 14.7. The molecule has 0 saturated carbocycles. The van der Waals surface area contributed by atoms with Crippen molar-refractivity contribution in [2.45, 2.75) is 52.5 Å². The molecular formula is C15H24N2O2S. The summed E-state index contributed by atoms with van der Waals surface area (Å²) in [7, 11) is 0. The van der Waals surface area contributed by atoms with Crippen molar-refractivity contribution in [3.63, 3.8) is 0 Å². The molecule has 112 valence electrons. The van der Waals surface area contributed by atoms with E-state index in [0.29, 0.717) is 18.4 Å². The first-order chi connectivity index (χ1) is 9.47. The molecule has 0 bridgehead atoms. The van der Waals surface area contributed by atoms with Crippen molar-refractivity contribution in [2.24, 2.45) is 5.92 Å². The molecule has 2 rings (SSSR count). The molecule has 1 unspecified atom stereocenters. The Hall–Kier alpha value is -0.940. The van der Waals surface area contributed by atoms with Crippen LogP contribution in [0.2, 0.25) is 0 Å². The van der Waals surface area contributed by atoms with Gasteiger partial charge < -0.3 is 5.11 Å². The Morgan fingerprint density at radius 3 is 2.60 bits per heavy atom. The molecule has 5 heteroatoms. The van der Waals surface area contributed by atoms with Gasteiger partial charge in [0, 0.05) is 17.3 Å². The number of nitrogens with zero attached hydrogens (tertiary/aromatic N) is 2. The number of carbonyl (C=O) groups is 1. The van der Waals surface area contributed by atoms with Crippen LogP contribution in [0.5, 0.6) is 0 Å². The van der Waals surface area contributed by atoms with Crippen molar-refractivity contribution in [3.05, 3.63) is 15.6 Å². The van der Waals surface area contributed by atoms with Gasteiger partial charge in [-0.1, -0.05) is 0 Å². The van der Waals surface area contributed by atoms with E-state index in [-0.39, 0.29) is 0 Å². The normalized spacial score (nSPS) is 19.1. The van der Waals surface area contributed by atoms with Crippen LogP contribution >= 0.6 is 11.3 Å². The maximum absolute atomic E-state index is 10.6. The number of carboxylic acid groups (broad SMARTS) is 1. The number of carboxylic acids is 1. The molecule has 1 aliphatic heterocycles. The molecule has 0 amide bonds. The lowest BCUT2D eigenvalue weighted by Gasteiger charge is -2.35. The summed E-state index contributed by atoms with van der Waals surface area (Å²) in [5.41, 5.74) is 1.16. The van der Waals surface area contributed by atoms with E-state index < -0.39 is 5.97 Å². The van der Waals surface area contributed by atoms with Gasteiger partial charge in [-0.05, 0) is 59.0 Å². The summed E-state index contributed by atoms with van der Waals surface area (Å²) in [6, 6.07) is 0.432. The highest BCUT2D eigenvalue weighted by Crippen LogP contribution is 2.32. The highest BCUT2D eigenvalue weighted by Gasteiger charge is 2.25. The van der Waals surface area contributed by atoms with Gasteiger partial charge in [-0.2, -0.15) is 0 Å². The van der Waals surface area contributed by atoms with Gasteiger partial charge in [0.2, 0.25) is 0 Å². The van der Waals surface area contributed by atoms with Crippen molar-refractivity contribution in [3.8, 4) is 0 Å². The maximum Gasteiger partial charge on any atom is 0.303 e. The zero-order valence-electron chi connectivity index (χ0n) is 12.6. The SMILES string of the molecule is Cc1nc(C)c(C(C)N2CCC(CCC(=O)O)CC2)s1. The Morgan fingerprint density at radius 1 is 1.45 bits per heavy atom. The highest BCUT2D eigenvalue weighted by molar-refractivity contribution is 7.11. The van der Waals surface area contributed by atoms with Gasteiger partial charge in [-0.15, -0.1) is 11.3 Å². The lowest BCUT2D eigenvalue weighted by molar-refractivity contribution is -0.137. The lowest BCUT2D eigenvalue weighted by atomic mass is 9.91. The van der Waals surface area contributed by atoms with Crippen LogP contribution in [0.3, 0.4) is 0 Å². The van der Waals surface area contributed by atoms with Crippen LogP contribution in [0.1, 0.15) is 54.2 Å². The topological polar surface area (TPSA) is 53.4 Å². The highest BCUT2D eigenvalue weighted by atomic mass is 32.1. The summed E-state index contributed by atoms with van der Waals surface area (Å²) in [6.07, 6.45) is 3.38. The fourth-order valence-corrected chi connectivity index (χ4v) is 4.07. The summed E-state index contributed by atoms with van der Waals surface area (Å²) in [5, 5.41) is 9.89. The molecule has 20 heavy (non-hydrogen) atoms. The predicted octanol–water partition coefficient (Wildman–Crippen LogP) is 3.40. The van der Waals surface area contributed by atoms with Gasteiger partial charge in [0.05, 0.1) is 10.7 Å². The smallest absolute Gasteiger partial charge is 0.303 e. The summed E-state index contributed by atoms with van der Waals surface area (Å²) in [5.74, 6) is -0.0876. The Kier molecular flexibility index (Phi) is 5.16. The van der Waals surface area contributed by atoms with E-state index >= 15 is 0 Å². The summed E-state index contributed by atoms with van der Waals surface area (Å²) in [4.78, 5) is 19.0. The second-order valence-corrected chi connectivity index (χ2v) is 7.01. The third-order valence-corrected chi connectivity index (χ3v) is 5.53. The van der Waals surface area contributed by atoms with Gasteiger partial charge in [-0.25, -0.2) is 4.98 Å². The largest absolute Gasteiger partial charge is 0.481 e. The minimum absolute atomic E-state index is 0.313. The molecule has 4 nitrogen and oxygen atoms in total. The molecule has 1 saturated heterocycles. The monoisotopic (exact) mass is 296 g/mol. The van der Waals surface area contributed by atoms with Gasteiger partial charge in [-0.3, -0.25) is 9.69 Å². The minimum atomic E-state index is -0.670. The van der Waals surface area contributed by atoms with Crippen molar-refractivity contribution < 1.29 is 9.90 Å². The number of hydrogen-bond donors (Lipinski definition) is 1. The van der Waals surface area contributed by atoms with Crippen LogP contribution in [0.25, 0.3) is 0 Å². The average molecular weight is 296 g/mol. The van der Waals surface area contributed by atoms with Crippen molar-refractivity contribution in [1.29, 1.82) is 0 Å². The van der Waals surface area contributed by atoms with Crippen LogP contribution in [0.15, 0.2) is 0 Å². The fraction of sp³-hybridized carbons (Fsp3) is 0.733. The molecule has 1 atom stereocenters. The second-order valence-electron chi connectivity index (χ2n) is 5.77. The van der Waals surface area contributed by atoms with E-state index in [1.54, 1.807) is 11.3 Å². The van der Waals surface area contributed by atoms with Gasteiger partial charge in [0.1, 0.15) is 0 Å². The van der Waals surface area contributed by atoms with E-state index in [0.717, 1.165) is 43.1 Å². The molecule has 1 fully saturated rings. The quantitative estimate of drug-likeness (QED) is 0.905. The van der Waals surface area contributed by atoms with Gasteiger partial charge >= 0.3 is 5.97 Å². The number of aryl methyl sites for hydroxylation is 2. The second kappa shape index (κ2) is 6.68. The van der Waals surface area contributed by atoms with Crippen molar-refractivity contribution in [2.75, 3.05) is 13.1 Å². The van der Waals surface area contributed by atoms with E-state index in [9.17, 15) is 4.79 Å². The zero-order valence-corrected chi connectivity index (χ0v) is 13.4. The summed E-state index contributed by atoms with van der Waals surface area (Å²) < 4.78 is 0. The number of rotatable bonds is 5. The van der Waals surface area contributed by atoms with E-state index in [2.05, 4.69) is 30.7 Å². The number of aliphatic carboxylic acids is 1.